The fourth-order valence-corrected chi connectivity index (χ4v) is 3.56. The lowest BCUT2D eigenvalue weighted by Gasteiger charge is -2.04. The summed E-state index contributed by atoms with van der Waals surface area (Å²) in [5, 5.41) is 7.60. The molecule has 0 saturated carbocycles. The average molecular weight is 314 g/mol. The monoisotopic (exact) mass is 314 g/mol. The predicted octanol–water partition coefficient (Wildman–Crippen LogP) is 1.88. The van der Waals surface area contributed by atoms with E-state index in [9.17, 15) is 4.79 Å². The number of hydrogen-bond acceptors (Lipinski definition) is 9. The van der Waals surface area contributed by atoms with Gasteiger partial charge in [0.2, 0.25) is 5.89 Å². The number of hydrogen-bond donors (Lipinski definition) is 2. The van der Waals surface area contributed by atoms with Crippen LogP contribution in [-0.2, 0) is 11.2 Å². The van der Waals surface area contributed by atoms with Crippen LogP contribution in [0, 0.1) is 0 Å². The normalized spacial score (nSPS) is 10.5. The second-order valence-electron chi connectivity index (χ2n) is 3.71. The number of anilines is 2. The summed E-state index contributed by atoms with van der Waals surface area (Å²) in [6.45, 7) is 0.607. The van der Waals surface area contributed by atoms with Crippen molar-refractivity contribution >= 4 is 39.8 Å². The van der Waals surface area contributed by atoms with Crippen molar-refractivity contribution in [1.29, 1.82) is 0 Å². The number of ether oxygens (including phenoxy) is 1. The minimum absolute atomic E-state index is 0.414. The number of nitrogens with zero attached hydrogens (tertiary/aromatic N) is 2. The fraction of sp³-hybridized carbons (Fsp3) is 0.364. The van der Waals surface area contributed by atoms with Crippen LogP contribution in [0.4, 0.5) is 10.7 Å². The van der Waals surface area contributed by atoms with Crippen molar-refractivity contribution in [2.75, 3.05) is 31.0 Å². The first-order chi connectivity index (χ1) is 9.67. The number of nitrogens with two attached hydrogens (primary N) is 1. The van der Waals surface area contributed by atoms with Crippen molar-refractivity contribution in [2.24, 2.45) is 0 Å². The molecule has 9 heteroatoms. The van der Waals surface area contributed by atoms with E-state index in [-0.39, 0.29) is 0 Å². The Balaban J connectivity index is 2.08. The number of nitrogen functional groups attached to an aromatic ring is 1. The first-order valence-electron chi connectivity index (χ1n) is 5.71. The third-order valence-corrected chi connectivity index (χ3v) is 4.61. The molecule has 0 saturated heterocycles. The minimum atomic E-state index is -0.423. The van der Waals surface area contributed by atoms with E-state index in [0.717, 1.165) is 9.90 Å². The first-order valence-corrected chi connectivity index (χ1v) is 7.75. The van der Waals surface area contributed by atoms with Crippen molar-refractivity contribution in [2.45, 2.75) is 11.3 Å². The van der Waals surface area contributed by atoms with Crippen LogP contribution in [0.1, 0.15) is 15.6 Å². The molecule has 2 aromatic heterocycles. The molecule has 0 spiro atoms. The number of methoxy groups -OCH3 is 1. The summed E-state index contributed by atoms with van der Waals surface area (Å²) in [7, 11) is 1.34. The van der Waals surface area contributed by atoms with E-state index < -0.39 is 5.97 Å². The number of rotatable bonds is 6. The van der Waals surface area contributed by atoms with E-state index >= 15 is 0 Å². The third kappa shape index (κ3) is 3.05. The Morgan fingerprint density at radius 2 is 2.45 bits per heavy atom. The largest absolute Gasteiger partial charge is 0.465 e. The van der Waals surface area contributed by atoms with Crippen molar-refractivity contribution in [1.82, 2.24) is 10.1 Å². The van der Waals surface area contributed by atoms with Crippen molar-refractivity contribution in [3.8, 4) is 0 Å². The van der Waals surface area contributed by atoms with Crippen LogP contribution in [0.2, 0.25) is 0 Å². The highest BCUT2D eigenvalue weighted by Gasteiger charge is 2.21. The number of thiophene rings is 1. The smallest absolute Gasteiger partial charge is 0.350 e. The van der Waals surface area contributed by atoms with Gasteiger partial charge in [-0.1, -0.05) is 5.16 Å². The van der Waals surface area contributed by atoms with E-state index in [1.54, 1.807) is 0 Å². The summed E-state index contributed by atoms with van der Waals surface area (Å²) >= 11 is 2.76. The Hall–Kier alpha value is -1.74. The maximum Gasteiger partial charge on any atom is 0.350 e. The lowest BCUT2D eigenvalue weighted by atomic mass is 10.4. The van der Waals surface area contributed by atoms with E-state index in [2.05, 4.69) is 15.5 Å². The molecular weight excluding hydrogens is 300 g/mol. The van der Waals surface area contributed by atoms with Crippen LogP contribution in [0.5, 0.6) is 0 Å². The standard InChI is InChI=1S/C11H14N4O3S2/c1-17-11(16)9-7(12)8(19-2)10(20-9)13-4-3-6-14-5-15-18-6/h5,13H,3-4,12H2,1-2H3. The highest BCUT2D eigenvalue weighted by Crippen LogP contribution is 2.41. The summed E-state index contributed by atoms with van der Waals surface area (Å²) < 4.78 is 9.63. The zero-order valence-electron chi connectivity index (χ0n) is 11.0. The molecule has 108 valence electrons. The van der Waals surface area contributed by atoms with Crippen LogP contribution in [0.15, 0.2) is 15.7 Å². The lowest BCUT2D eigenvalue weighted by Crippen LogP contribution is -2.04. The molecule has 0 aliphatic rings. The summed E-state index contributed by atoms with van der Waals surface area (Å²) in [6.07, 6.45) is 3.86. The zero-order valence-corrected chi connectivity index (χ0v) is 12.6. The quantitative estimate of drug-likeness (QED) is 0.615. The van der Waals surface area contributed by atoms with Crippen molar-refractivity contribution < 1.29 is 14.1 Å². The Kier molecular flexibility index (Phi) is 4.85. The van der Waals surface area contributed by atoms with E-state index in [1.165, 1.54) is 36.5 Å². The molecule has 2 rings (SSSR count). The topological polar surface area (TPSA) is 103 Å². The minimum Gasteiger partial charge on any atom is -0.465 e. The molecule has 0 aromatic carbocycles. The third-order valence-electron chi connectivity index (χ3n) is 2.51. The summed E-state index contributed by atoms with van der Waals surface area (Å²) in [5.74, 6) is 0.133. The van der Waals surface area contributed by atoms with Gasteiger partial charge in [-0.15, -0.1) is 23.1 Å². The second kappa shape index (κ2) is 6.62. The van der Waals surface area contributed by atoms with Gasteiger partial charge >= 0.3 is 5.97 Å². The molecule has 7 nitrogen and oxygen atoms in total. The average Bonchev–Trinajstić information content (AvgIpc) is 3.06. The Bertz CT molecular complexity index is 583. The number of nitrogens with one attached hydrogen (secondary N) is 1. The molecule has 2 heterocycles. The molecule has 0 bridgehead atoms. The van der Waals surface area contributed by atoms with Crippen LogP contribution >= 0.6 is 23.1 Å². The van der Waals surface area contributed by atoms with Crippen LogP contribution in [-0.4, -0.2) is 36.0 Å². The van der Waals surface area contributed by atoms with Gasteiger partial charge in [-0.2, -0.15) is 4.98 Å². The zero-order chi connectivity index (χ0) is 14.5. The summed E-state index contributed by atoms with van der Waals surface area (Å²) in [6, 6.07) is 0. The second-order valence-corrected chi connectivity index (χ2v) is 5.55. The Labute approximate surface area is 123 Å². The number of thioether (sulfide) groups is 1. The number of carbonyl (C=O) groups is 1. The molecule has 0 radical (unpaired) electrons. The predicted molar refractivity (Wildman–Crippen MR) is 78.3 cm³/mol. The SMILES string of the molecule is COC(=O)c1sc(NCCc2ncno2)c(SC)c1N. The maximum atomic E-state index is 11.6. The van der Waals surface area contributed by atoms with Gasteiger partial charge in [0.05, 0.1) is 17.7 Å². The Morgan fingerprint density at radius 1 is 1.65 bits per heavy atom. The molecule has 0 fully saturated rings. The van der Waals surface area contributed by atoms with E-state index in [1.807, 2.05) is 6.26 Å². The molecule has 0 aliphatic heterocycles. The number of esters is 1. The molecule has 3 N–H and O–H groups in total. The van der Waals surface area contributed by atoms with Gasteiger partial charge in [0.15, 0.2) is 6.33 Å². The molecular formula is C11H14N4O3S2. The van der Waals surface area contributed by atoms with Crippen molar-refractivity contribution in [3.63, 3.8) is 0 Å². The molecule has 0 atom stereocenters. The first kappa shape index (κ1) is 14.7. The van der Waals surface area contributed by atoms with E-state index in [4.69, 9.17) is 15.0 Å². The van der Waals surface area contributed by atoms with Gasteiger partial charge in [0, 0.05) is 13.0 Å². The summed E-state index contributed by atoms with van der Waals surface area (Å²) in [5.41, 5.74) is 6.42. The van der Waals surface area contributed by atoms with Gasteiger partial charge < -0.3 is 20.3 Å². The molecule has 2 aromatic rings. The highest BCUT2D eigenvalue weighted by molar-refractivity contribution is 7.99. The lowest BCUT2D eigenvalue weighted by molar-refractivity contribution is 0.0607. The fourth-order valence-electron chi connectivity index (χ4n) is 1.58. The number of aromatic nitrogens is 2. The van der Waals surface area contributed by atoms with Crippen molar-refractivity contribution in [3.05, 3.63) is 17.1 Å². The van der Waals surface area contributed by atoms with Gasteiger partial charge in [-0.05, 0) is 6.26 Å². The number of carbonyl (C=O) groups excluding carboxylic acids is 1. The van der Waals surface area contributed by atoms with E-state index in [0.29, 0.717) is 29.4 Å². The molecule has 0 aliphatic carbocycles. The maximum absolute atomic E-state index is 11.6. The van der Waals surface area contributed by atoms with Gasteiger partial charge in [0.25, 0.3) is 0 Å². The van der Waals surface area contributed by atoms with Crippen LogP contribution in [0.25, 0.3) is 0 Å². The van der Waals surface area contributed by atoms with Crippen LogP contribution in [0.3, 0.4) is 0 Å². The summed E-state index contributed by atoms with van der Waals surface area (Å²) in [4.78, 5) is 16.8. The molecule has 0 unspecified atom stereocenters. The van der Waals surface area contributed by atoms with Gasteiger partial charge in [0.1, 0.15) is 9.88 Å². The van der Waals surface area contributed by atoms with Gasteiger partial charge in [-0.25, -0.2) is 4.79 Å². The molecule has 0 amide bonds. The molecule has 20 heavy (non-hydrogen) atoms. The van der Waals surface area contributed by atoms with Crippen LogP contribution < -0.4 is 11.1 Å². The Morgan fingerprint density at radius 3 is 3.05 bits per heavy atom. The highest BCUT2D eigenvalue weighted by atomic mass is 32.2. The van der Waals surface area contributed by atoms with Gasteiger partial charge in [-0.3, -0.25) is 0 Å².